The second-order valence-electron chi connectivity index (χ2n) is 8.17. The molecule has 0 saturated heterocycles. The second-order valence-corrected chi connectivity index (χ2v) is 9.12. The standard InChI is InChI=1S/C27H27N3O2S/c1-19(2)21-12-14-22(15-13-21)30-26(32)23-10-6-7-11-24(23)29-27(30)33-18-25(31)28-17-16-20-8-4-3-5-9-20/h3-15,19H,16-18H2,1-2H3,(H,28,31). The van der Waals surface area contributed by atoms with Crippen molar-refractivity contribution in [3.63, 3.8) is 0 Å². The highest BCUT2D eigenvalue weighted by atomic mass is 32.2. The number of nitrogens with one attached hydrogen (secondary N) is 1. The lowest BCUT2D eigenvalue weighted by Crippen LogP contribution is -2.28. The van der Waals surface area contributed by atoms with E-state index in [0.717, 1.165) is 12.1 Å². The number of hydrogen-bond acceptors (Lipinski definition) is 4. The van der Waals surface area contributed by atoms with Gasteiger partial charge in [0.15, 0.2) is 5.16 Å². The van der Waals surface area contributed by atoms with Gasteiger partial charge in [0.2, 0.25) is 5.91 Å². The van der Waals surface area contributed by atoms with Crippen LogP contribution in [0.15, 0.2) is 88.8 Å². The van der Waals surface area contributed by atoms with Crippen LogP contribution < -0.4 is 10.9 Å². The normalized spacial score (nSPS) is 11.1. The van der Waals surface area contributed by atoms with Gasteiger partial charge in [0.05, 0.1) is 22.3 Å². The topological polar surface area (TPSA) is 64.0 Å². The van der Waals surface area contributed by atoms with Gasteiger partial charge in [-0.1, -0.05) is 80.2 Å². The van der Waals surface area contributed by atoms with Crippen molar-refractivity contribution in [1.29, 1.82) is 0 Å². The molecule has 0 bridgehead atoms. The molecular formula is C27H27N3O2S. The maximum atomic E-state index is 13.4. The molecule has 0 aliphatic heterocycles. The molecule has 0 fully saturated rings. The monoisotopic (exact) mass is 457 g/mol. The van der Waals surface area contributed by atoms with E-state index >= 15 is 0 Å². The third-order valence-electron chi connectivity index (χ3n) is 5.47. The van der Waals surface area contributed by atoms with Crippen LogP contribution in [0.4, 0.5) is 0 Å². The second kappa shape index (κ2) is 10.5. The van der Waals surface area contributed by atoms with E-state index in [2.05, 4.69) is 19.2 Å². The molecule has 3 aromatic carbocycles. The molecule has 4 rings (SSSR count). The van der Waals surface area contributed by atoms with Crippen LogP contribution in [0.5, 0.6) is 0 Å². The van der Waals surface area contributed by atoms with E-state index in [4.69, 9.17) is 4.98 Å². The average molecular weight is 458 g/mol. The van der Waals surface area contributed by atoms with Crippen LogP contribution in [0, 0.1) is 0 Å². The molecule has 0 aliphatic carbocycles. The van der Waals surface area contributed by atoms with E-state index in [0.29, 0.717) is 28.5 Å². The summed E-state index contributed by atoms with van der Waals surface area (Å²) in [5.41, 5.74) is 3.62. The summed E-state index contributed by atoms with van der Waals surface area (Å²) in [6.07, 6.45) is 0.776. The van der Waals surface area contributed by atoms with Gasteiger partial charge < -0.3 is 5.32 Å². The smallest absolute Gasteiger partial charge is 0.266 e. The number of benzene rings is 3. The predicted molar refractivity (Wildman–Crippen MR) is 135 cm³/mol. The van der Waals surface area contributed by atoms with Gasteiger partial charge in [-0.25, -0.2) is 4.98 Å². The first-order valence-electron chi connectivity index (χ1n) is 11.1. The molecule has 6 heteroatoms. The summed E-state index contributed by atoms with van der Waals surface area (Å²) in [6.45, 7) is 4.84. The fourth-order valence-corrected chi connectivity index (χ4v) is 4.46. The Morgan fingerprint density at radius 2 is 1.67 bits per heavy atom. The third kappa shape index (κ3) is 5.52. The Balaban J connectivity index is 1.55. The lowest BCUT2D eigenvalue weighted by molar-refractivity contribution is -0.118. The van der Waals surface area contributed by atoms with E-state index in [1.54, 1.807) is 10.6 Å². The number of thioether (sulfide) groups is 1. The van der Waals surface area contributed by atoms with Crippen molar-refractivity contribution in [3.8, 4) is 5.69 Å². The minimum atomic E-state index is -0.134. The van der Waals surface area contributed by atoms with Gasteiger partial charge in [-0.2, -0.15) is 0 Å². The van der Waals surface area contributed by atoms with Crippen LogP contribution in [-0.4, -0.2) is 27.8 Å². The highest BCUT2D eigenvalue weighted by Crippen LogP contribution is 2.23. The molecule has 0 spiro atoms. The third-order valence-corrected chi connectivity index (χ3v) is 6.41. The fourth-order valence-electron chi connectivity index (χ4n) is 3.62. The lowest BCUT2D eigenvalue weighted by atomic mass is 10.0. The summed E-state index contributed by atoms with van der Waals surface area (Å²) in [4.78, 5) is 30.5. The fraction of sp³-hybridized carbons (Fsp3) is 0.222. The Morgan fingerprint density at radius 1 is 0.970 bits per heavy atom. The molecule has 0 saturated carbocycles. The van der Waals surface area contributed by atoms with E-state index in [1.165, 1.54) is 22.9 Å². The van der Waals surface area contributed by atoms with Crippen molar-refractivity contribution in [1.82, 2.24) is 14.9 Å². The minimum absolute atomic E-state index is 0.0833. The van der Waals surface area contributed by atoms with Gasteiger partial charge in [-0.15, -0.1) is 0 Å². The zero-order valence-corrected chi connectivity index (χ0v) is 19.6. The van der Waals surface area contributed by atoms with Gasteiger partial charge in [0.25, 0.3) is 5.56 Å². The molecule has 0 aliphatic rings. The molecule has 0 atom stereocenters. The Kier molecular flexibility index (Phi) is 7.25. The van der Waals surface area contributed by atoms with Crippen LogP contribution in [-0.2, 0) is 11.2 Å². The molecule has 0 radical (unpaired) electrons. The first-order valence-corrected chi connectivity index (χ1v) is 12.1. The van der Waals surface area contributed by atoms with E-state index in [-0.39, 0.29) is 17.2 Å². The number of nitrogens with zero attached hydrogens (tertiary/aromatic N) is 2. The van der Waals surface area contributed by atoms with Gasteiger partial charge in [0, 0.05) is 6.54 Å². The molecule has 0 unspecified atom stereocenters. The Bertz CT molecular complexity index is 1300. The highest BCUT2D eigenvalue weighted by molar-refractivity contribution is 7.99. The SMILES string of the molecule is CC(C)c1ccc(-n2c(SCC(=O)NCCc3ccccc3)nc3ccccc3c2=O)cc1. The predicted octanol–water partition coefficient (Wildman–Crippen LogP) is 4.96. The Morgan fingerprint density at radius 3 is 2.39 bits per heavy atom. The summed E-state index contributed by atoms with van der Waals surface area (Å²) in [5.74, 6) is 0.503. The van der Waals surface area contributed by atoms with Crippen molar-refractivity contribution in [2.24, 2.45) is 0 Å². The van der Waals surface area contributed by atoms with E-state index in [1.807, 2.05) is 72.8 Å². The van der Waals surface area contributed by atoms with Crippen molar-refractivity contribution < 1.29 is 4.79 Å². The van der Waals surface area contributed by atoms with E-state index < -0.39 is 0 Å². The molecule has 33 heavy (non-hydrogen) atoms. The lowest BCUT2D eigenvalue weighted by Gasteiger charge is -2.14. The van der Waals surface area contributed by atoms with Gasteiger partial charge >= 0.3 is 0 Å². The van der Waals surface area contributed by atoms with Gasteiger partial charge in [-0.3, -0.25) is 14.2 Å². The first-order chi connectivity index (χ1) is 16.0. The summed E-state index contributed by atoms with van der Waals surface area (Å²) in [7, 11) is 0. The van der Waals surface area contributed by atoms with E-state index in [9.17, 15) is 9.59 Å². The first kappa shape index (κ1) is 22.8. The summed E-state index contributed by atoms with van der Waals surface area (Å²) in [6, 6.07) is 25.3. The zero-order chi connectivity index (χ0) is 23.2. The van der Waals surface area contributed by atoms with Crippen LogP contribution >= 0.6 is 11.8 Å². The maximum Gasteiger partial charge on any atom is 0.266 e. The number of hydrogen-bond donors (Lipinski definition) is 1. The van der Waals surface area contributed by atoms with Crippen molar-refractivity contribution in [2.75, 3.05) is 12.3 Å². The van der Waals surface area contributed by atoms with Crippen LogP contribution in [0.3, 0.4) is 0 Å². The van der Waals surface area contributed by atoms with Crippen LogP contribution in [0.25, 0.3) is 16.6 Å². The van der Waals surface area contributed by atoms with Crippen molar-refractivity contribution >= 4 is 28.6 Å². The van der Waals surface area contributed by atoms with Crippen LogP contribution in [0.1, 0.15) is 30.9 Å². The summed E-state index contributed by atoms with van der Waals surface area (Å²) >= 11 is 1.28. The summed E-state index contributed by atoms with van der Waals surface area (Å²) < 4.78 is 1.61. The summed E-state index contributed by atoms with van der Waals surface area (Å²) in [5, 5.41) is 4.02. The minimum Gasteiger partial charge on any atom is -0.355 e. The van der Waals surface area contributed by atoms with Gasteiger partial charge in [-0.05, 0) is 47.7 Å². The zero-order valence-electron chi connectivity index (χ0n) is 18.8. The molecular weight excluding hydrogens is 430 g/mol. The molecule has 168 valence electrons. The van der Waals surface area contributed by atoms with Crippen molar-refractivity contribution in [2.45, 2.75) is 31.3 Å². The number of fused-ring (bicyclic) bond motifs is 1. The number of rotatable bonds is 8. The number of carbonyl (C=O) groups is 1. The molecule has 1 heterocycles. The molecule has 1 aromatic heterocycles. The molecule has 5 nitrogen and oxygen atoms in total. The number of amides is 1. The van der Waals surface area contributed by atoms with Crippen LogP contribution in [0.2, 0.25) is 0 Å². The molecule has 4 aromatic rings. The number of para-hydroxylation sites is 1. The molecule has 1 amide bonds. The maximum absolute atomic E-state index is 13.4. The van der Waals surface area contributed by atoms with Gasteiger partial charge in [0.1, 0.15) is 0 Å². The number of carbonyl (C=O) groups excluding carboxylic acids is 1. The average Bonchev–Trinajstić information content (AvgIpc) is 2.83. The number of aromatic nitrogens is 2. The largest absolute Gasteiger partial charge is 0.355 e. The Hall–Kier alpha value is -3.38. The van der Waals surface area contributed by atoms with Crippen molar-refractivity contribution in [3.05, 3.63) is 100 Å². The Labute approximate surface area is 197 Å². The highest BCUT2D eigenvalue weighted by Gasteiger charge is 2.15. The quantitative estimate of drug-likeness (QED) is 0.300. The molecule has 1 N–H and O–H groups in total.